The Bertz CT molecular complexity index is 632. The first-order valence-corrected chi connectivity index (χ1v) is 7.48. The van der Waals surface area contributed by atoms with E-state index in [-0.39, 0.29) is 30.9 Å². The fourth-order valence-electron chi connectivity index (χ4n) is 2.97. The lowest BCUT2D eigenvalue weighted by Crippen LogP contribution is -2.45. The number of hydrogen-bond acceptors (Lipinski definition) is 6. The molecule has 134 valence electrons. The van der Waals surface area contributed by atoms with Gasteiger partial charge in [-0.3, -0.25) is 20.0 Å². The van der Waals surface area contributed by atoms with E-state index in [0.29, 0.717) is 0 Å². The minimum absolute atomic E-state index is 0.0105. The van der Waals surface area contributed by atoms with Crippen molar-refractivity contribution < 1.29 is 23.2 Å². The van der Waals surface area contributed by atoms with Crippen molar-refractivity contribution in [2.24, 2.45) is 5.41 Å². The highest BCUT2D eigenvalue weighted by Crippen LogP contribution is 2.41. The second kappa shape index (κ2) is 6.33. The van der Waals surface area contributed by atoms with E-state index < -0.39 is 34.7 Å². The summed E-state index contributed by atoms with van der Waals surface area (Å²) in [7, 11) is 1.23. The van der Waals surface area contributed by atoms with Gasteiger partial charge in [-0.05, 0) is 20.3 Å². The van der Waals surface area contributed by atoms with Crippen LogP contribution in [0.1, 0.15) is 33.1 Å². The molecule has 1 aromatic heterocycles. The third kappa shape index (κ3) is 3.62. The van der Waals surface area contributed by atoms with Gasteiger partial charge in [0, 0.05) is 25.4 Å². The number of ether oxygens (including phenoxy) is 1. The number of esters is 1. The topological polar surface area (TPSA) is 101 Å². The standard InChI is InChI=1S/C14H20F2N4O4/c1-13(2,12(21)24-3)8-19(9-4-5-14(15,16)6-9)11-10(20(22)23)7-17-18-11/h7,9H,4-6,8H2,1-3H3,(H,17,18)/t9-/m1/s1. The van der Waals surface area contributed by atoms with Crippen LogP contribution in [0.3, 0.4) is 0 Å². The van der Waals surface area contributed by atoms with Crippen LogP contribution in [-0.4, -0.2) is 46.7 Å². The molecule has 10 heteroatoms. The summed E-state index contributed by atoms with van der Waals surface area (Å²) in [6.07, 6.45) is 0.468. The Hall–Kier alpha value is -2.26. The lowest BCUT2D eigenvalue weighted by Gasteiger charge is -2.35. The smallest absolute Gasteiger partial charge is 0.330 e. The van der Waals surface area contributed by atoms with Gasteiger partial charge in [-0.25, -0.2) is 8.78 Å². The highest BCUT2D eigenvalue weighted by Gasteiger charge is 2.45. The van der Waals surface area contributed by atoms with Gasteiger partial charge in [0.15, 0.2) is 0 Å². The summed E-state index contributed by atoms with van der Waals surface area (Å²) in [5, 5.41) is 17.3. The molecule has 8 nitrogen and oxygen atoms in total. The van der Waals surface area contributed by atoms with Gasteiger partial charge in [0.25, 0.3) is 0 Å². The van der Waals surface area contributed by atoms with Crippen molar-refractivity contribution in [1.29, 1.82) is 0 Å². The highest BCUT2D eigenvalue weighted by molar-refractivity contribution is 5.77. The number of nitrogens with one attached hydrogen (secondary N) is 1. The predicted molar refractivity (Wildman–Crippen MR) is 81.0 cm³/mol. The molecular weight excluding hydrogens is 326 g/mol. The third-order valence-corrected chi connectivity index (χ3v) is 4.21. The van der Waals surface area contributed by atoms with Crippen LogP contribution in [-0.2, 0) is 9.53 Å². The van der Waals surface area contributed by atoms with E-state index in [1.807, 2.05) is 0 Å². The van der Waals surface area contributed by atoms with Gasteiger partial charge in [0.2, 0.25) is 11.7 Å². The SMILES string of the molecule is COC(=O)C(C)(C)CN(c1[nH]ncc1[N+](=O)[O-])[C@@H]1CCC(F)(F)C1. The number of aromatic nitrogens is 2. The molecule has 0 amide bonds. The molecule has 0 saturated heterocycles. The van der Waals surface area contributed by atoms with Crippen LogP contribution in [0.15, 0.2) is 6.20 Å². The van der Waals surface area contributed by atoms with Crippen LogP contribution in [0.2, 0.25) is 0 Å². The van der Waals surface area contributed by atoms with Crippen molar-refractivity contribution >= 4 is 17.5 Å². The zero-order valence-corrected chi connectivity index (χ0v) is 13.7. The molecule has 1 atom stereocenters. The van der Waals surface area contributed by atoms with Crippen LogP contribution < -0.4 is 4.90 Å². The van der Waals surface area contributed by atoms with E-state index in [1.165, 1.54) is 12.0 Å². The summed E-state index contributed by atoms with van der Waals surface area (Å²) < 4.78 is 32.0. The zero-order valence-electron chi connectivity index (χ0n) is 13.7. The molecular formula is C14H20F2N4O4. The lowest BCUT2D eigenvalue weighted by atomic mass is 9.92. The highest BCUT2D eigenvalue weighted by atomic mass is 19.3. The van der Waals surface area contributed by atoms with Crippen molar-refractivity contribution in [1.82, 2.24) is 10.2 Å². The Morgan fingerprint density at radius 1 is 1.62 bits per heavy atom. The van der Waals surface area contributed by atoms with Crippen molar-refractivity contribution in [3.63, 3.8) is 0 Å². The van der Waals surface area contributed by atoms with Gasteiger partial charge in [-0.1, -0.05) is 0 Å². The van der Waals surface area contributed by atoms with E-state index in [9.17, 15) is 23.7 Å². The van der Waals surface area contributed by atoms with E-state index >= 15 is 0 Å². The van der Waals surface area contributed by atoms with E-state index in [0.717, 1.165) is 6.20 Å². The first-order valence-electron chi connectivity index (χ1n) is 7.48. The molecule has 0 aromatic carbocycles. The van der Waals surface area contributed by atoms with Gasteiger partial charge in [-0.2, -0.15) is 5.10 Å². The van der Waals surface area contributed by atoms with Crippen LogP contribution in [0.5, 0.6) is 0 Å². The number of H-pyrrole nitrogens is 1. The number of carbonyl (C=O) groups is 1. The molecule has 0 bridgehead atoms. The molecule has 2 rings (SSSR count). The molecule has 1 saturated carbocycles. The molecule has 1 fully saturated rings. The molecule has 1 aliphatic carbocycles. The number of nitro groups is 1. The second-order valence-corrected chi connectivity index (χ2v) is 6.62. The molecule has 0 aliphatic heterocycles. The van der Waals surface area contributed by atoms with Crippen molar-refractivity contribution in [3.05, 3.63) is 16.3 Å². The number of hydrogen-bond donors (Lipinski definition) is 1. The molecule has 0 radical (unpaired) electrons. The molecule has 24 heavy (non-hydrogen) atoms. The summed E-state index contributed by atoms with van der Waals surface area (Å²) in [6.45, 7) is 3.19. The van der Waals surface area contributed by atoms with E-state index in [1.54, 1.807) is 13.8 Å². The Kier molecular flexibility index (Phi) is 4.77. The van der Waals surface area contributed by atoms with E-state index in [4.69, 9.17) is 4.74 Å². The number of methoxy groups -OCH3 is 1. The Balaban J connectivity index is 2.37. The minimum Gasteiger partial charge on any atom is -0.469 e. The van der Waals surface area contributed by atoms with Crippen LogP contribution in [0, 0.1) is 15.5 Å². The maximum absolute atomic E-state index is 13.6. The fourth-order valence-corrected chi connectivity index (χ4v) is 2.97. The van der Waals surface area contributed by atoms with Gasteiger partial charge in [0.05, 0.1) is 17.4 Å². The minimum atomic E-state index is -2.83. The second-order valence-electron chi connectivity index (χ2n) is 6.62. The summed E-state index contributed by atoms with van der Waals surface area (Å²) >= 11 is 0. The Morgan fingerprint density at radius 3 is 2.79 bits per heavy atom. The number of halogens is 2. The average molecular weight is 346 g/mol. The van der Waals surface area contributed by atoms with Gasteiger partial charge < -0.3 is 9.64 Å². The molecule has 1 aromatic rings. The largest absolute Gasteiger partial charge is 0.469 e. The first kappa shape index (κ1) is 18.1. The molecule has 1 N–H and O–H groups in total. The lowest BCUT2D eigenvalue weighted by molar-refractivity contribution is -0.384. The average Bonchev–Trinajstić information content (AvgIpc) is 3.10. The van der Waals surface area contributed by atoms with Gasteiger partial charge in [0.1, 0.15) is 6.20 Å². The summed E-state index contributed by atoms with van der Waals surface area (Å²) in [5.41, 5.74) is -1.35. The van der Waals surface area contributed by atoms with Crippen molar-refractivity contribution in [2.45, 2.75) is 45.1 Å². The summed E-state index contributed by atoms with van der Waals surface area (Å²) in [4.78, 5) is 23.9. The summed E-state index contributed by atoms with van der Waals surface area (Å²) in [5.74, 6) is -3.33. The molecule has 1 heterocycles. The molecule has 1 aliphatic rings. The monoisotopic (exact) mass is 346 g/mol. The maximum Gasteiger partial charge on any atom is 0.330 e. The number of rotatable bonds is 6. The van der Waals surface area contributed by atoms with Crippen LogP contribution in [0.4, 0.5) is 20.3 Å². The van der Waals surface area contributed by atoms with Crippen molar-refractivity contribution in [2.75, 3.05) is 18.6 Å². The maximum atomic E-state index is 13.6. The zero-order chi connectivity index (χ0) is 18.1. The number of anilines is 1. The number of alkyl halides is 2. The fraction of sp³-hybridized carbons (Fsp3) is 0.714. The Morgan fingerprint density at radius 2 is 2.29 bits per heavy atom. The van der Waals surface area contributed by atoms with Crippen LogP contribution in [0.25, 0.3) is 0 Å². The number of aromatic amines is 1. The molecule has 0 spiro atoms. The van der Waals surface area contributed by atoms with Crippen LogP contribution >= 0.6 is 0 Å². The predicted octanol–water partition coefficient (Wildman–Crippen LogP) is 2.51. The normalized spacial score (nSPS) is 20.0. The molecule has 0 unspecified atom stereocenters. The summed E-state index contributed by atoms with van der Waals surface area (Å²) in [6, 6.07) is -0.636. The van der Waals surface area contributed by atoms with Gasteiger partial charge in [-0.15, -0.1) is 0 Å². The third-order valence-electron chi connectivity index (χ3n) is 4.21. The van der Waals surface area contributed by atoms with E-state index in [2.05, 4.69) is 10.2 Å². The quantitative estimate of drug-likeness (QED) is 0.482. The first-order chi connectivity index (χ1) is 11.1. The Labute approximate surface area is 137 Å². The van der Waals surface area contributed by atoms with Crippen molar-refractivity contribution in [3.8, 4) is 0 Å². The number of nitrogens with zero attached hydrogens (tertiary/aromatic N) is 3. The number of carbonyl (C=O) groups excluding carboxylic acids is 1. The van der Waals surface area contributed by atoms with Gasteiger partial charge >= 0.3 is 11.7 Å².